The molecule has 2 aromatic carbocycles. The van der Waals surface area contributed by atoms with E-state index in [1.54, 1.807) is 25.2 Å². The van der Waals surface area contributed by atoms with Crippen LogP contribution in [0.3, 0.4) is 0 Å². The quantitative estimate of drug-likeness (QED) is 0.751. The van der Waals surface area contributed by atoms with E-state index in [1.165, 1.54) is 15.7 Å². The monoisotopic (exact) mass is 337 g/mol. The zero-order valence-electron chi connectivity index (χ0n) is 14.0. The van der Waals surface area contributed by atoms with Gasteiger partial charge in [0.05, 0.1) is 5.52 Å². The summed E-state index contributed by atoms with van der Waals surface area (Å²) < 4.78 is 6.52. The van der Waals surface area contributed by atoms with Crippen molar-refractivity contribution in [3.63, 3.8) is 0 Å². The van der Waals surface area contributed by atoms with E-state index >= 15 is 0 Å². The molecule has 0 bridgehead atoms. The number of hydrogen-bond acceptors (Lipinski definition) is 4. The number of aryl methyl sites for hydroxylation is 1. The van der Waals surface area contributed by atoms with Crippen LogP contribution < -0.4 is 16.4 Å². The number of nitrogens with zero attached hydrogens (tertiary/aromatic N) is 1. The van der Waals surface area contributed by atoms with Crippen LogP contribution in [0.25, 0.3) is 11.1 Å². The molecule has 0 radical (unpaired) electrons. The molecule has 2 N–H and O–H groups in total. The van der Waals surface area contributed by atoms with Crippen LogP contribution in [0.1, 0.15) is 21.5 Å². The summed E-state index contributed by atoms with van der Waals surface area (Å²) in [5, 5.41) is 6.27. The van der Waals surface area contributed by atoms with E-state index in [4.69, 9.17) is 4.42 Å². The normalized spacial score (nSPS) is 14.1. The molecule has 6 heteroatoms. The number of fused-ring (bicyclic) bond motifs is 2. The van der Waals surface area contributed by atoms with Crippen molar-refractivity contribution in [2.24, 2.45) is 7.05 Å². The molecular weight excluding hydrogens is 318 g/mol. The van der Waals surface area contributed by atoms with E-state index in [2.05, 4.69) is 10.6 Å². The first-order valence-electron chi connectivity index (χ1n) is 8.35. The molecule has 0 atom stereocenters. The number of amides is 1. The summed E-state index contributed by atoms with van der Waals surface area (Å²) in [5.41, 5.74) is 4.95. The standard InChI is InChI=1S/C19H19N3O3/c1-22-16-11-15(4-5-17(16)25-19(22)24)21-18(23)14-3-2-12-6-8-20-9-7-13(12)10-14/h2-5,10-11,20H,6-9H2,1H3,(H,21,23). The predicted molar refractivity (Wildman–Crippen MR) is 96.1 cm³/mol. The molecule has 0 saturated carbocycles. The minimum absolute atomic E-state index is 0.159. The molecule has 25 heavy (non-hydrogen) atoms. The highest BCUT2D eigenvalue weighted by atomic mass is 16.4. The molecule has 2 heterocycles. The van der Waals surface area contributed by atoms with Gasteiger partial charge in [0.15, 0.2) is 5.58 Å². The zero-order valence-corrected chi connectivity index (χ0v) is 14.0. The third-order valence-corrected chi connectivity index (χ3v) is 4.66. The Labute approximate surface area is 144 Å². The van der Waals surface area contributed by atoms with Gasteiger partial charge in [0, 0.05) is 18.3 Å². The summed E-state index contributed by atoms with van der Waals surface area (Å²) in [6.07, 6.45) is 1.92. The number of hydrogen-bond donors (Lipinski definition) is 2. The van der Waals surface area contributed by atoms with Crippen molar-refractivity contribution in [1.82, 2.24) is 9.88 Å². The molecule has 1 aliphatic rings. The molecule has 1 amide bonds. The molecule has 4 rings (SSSR count). The molecule has 128 valence electrons. The first kappa shape index (κ1) is 15.7. The number of aromatic nitrogens is 1. The summed E-state index contributed by atoms with van der Waals surface area (Å²) in [4.78, 5) is 24.2. The Morgan fingerprint density at radius 3 is 2.76 bits per heavy atom. The summed E-state index contributed by atoms with van der Waals surface area (Å²) in [7, 11) is 1.64. The fourth-order valence-electron chi connectivity index (χ4n) is 3.22. The minimum atomic E-state index is -0.419. The first-order chi connectivity index (χ1) is 12.1. The Bertz CT molecular complexity index is 1020. The average molecular weight is 337 g/mol. The maximum atomic E-state index is 12.6. The molecule has 3 aromatic rings. The molecule has 0 unspecified atom stereocenters. The third kappa shape index (κ3) is 2.96. The van der Waals surface area contributed by atoms with Crippen molar-refractivity contribution in [3.05, 3.63) is 63.6 Å². The van der Waals surface area contributed by atoms with Gasteiger partial charge in [-0.2, -0.15) is 0 Å². The van der Waals surface area contributed by atoms with Crippen molar-refractivity contribution in [1.29, 1.82) is 0 Å². The molecule has 0 spiro atoms. The topological polar surface area (TPSA) is 76.3 Å². The van der Waals surface area contributed by atoms with Crippen LogP contribution in [0.4, 0.5) is 5.69 Å². The maximum absolute atomic E-state index is 12.6. The van der Waals surface area contributed by atoms with E-state index < -0.39 is 5.76 Å². The van der Waals surface area contributed by atoms with E-state index in [9.17, 15) is 9.59 Å². The molecule has 6 nitrogen and oxygen atoms in total. The Morgan fingerprint density at radius 1 is 1.12 bits per heavy atom. The number of anilines is 1. The smallest absolute Gasteiger partial charge is 0.408 e. The largest absolute Gasteiger partial charge is 0.419 e. The first-order valence-corrected chi connectivity index (χ1v) is 8.35. The Morgan fingerprint density at radius 2 is 1.92 bits per heavy atom. The fraction of sp³-hybridized carbons (Fsp3) is 0.263. The highest BCUT2D eigenvalue weighted by Crippen LogP contribution is 2.20. The molecular formula is C19H19N3O3. The number of oxazole rings is 1. The Hall–Kier alpha value is -2.86. The lowest BCUT2D eigenvalue weighted by atomic mass is 10.00. The van der Waals surface area contributed by atoms with Gasteiger partial charge in [-0.3, -0.25) is 9.36 Å². The lowest BCUT2D eigenvalue weighted by molar-refractivity contribution is 0.102. The fourth-order valence-corrected chi connectivity index (χ4v) is 3.22. The second kappa shape index (κ2) is 6.22. The van der Waals surface area contributed by atoms with Crippen molar-refractivity contribution < 1.29 is 9.21 Å². The van der Waals surface area contributed by atoms with Crippen LogP contribution in [0.15, 0.2) is 45.6 Å². The molecule has 1 aromatic heterocycles. The van der Waals surface area contributed by atoms with Gasteiger partial charge in [0.2, 0.25) is 0 Å². The second-order valence-corrected chi connectivity index (χ2v) is 6.30. The number of benzene rings is 2. The van der Waals surface area contributed by atoms with Crippen molar-refractivity contribution in [2.45, 2.75) is 12.8 Å². The summed E-state index contributed by atoms with van der Waals surface area (Å²) in [6, 6.07) is 11.0. The van der Waals surface area contributed by atoms with E-state index in [-0.39, 0.29) is 5.91 Å². The zero-order chi connectivity index (χ0) is 17.4. The van der Waals surface area contributed by atoms with Crippen LogP contribution in [-0.4, -0.2) is 23.6 Å². The molecule has 0 aliphatic carbocycles. The number of nitrogens with one attached hydrogen (secondary N) is 2. The van der Waals surface area contributed by atoms with Gasteiger partial charge in [0.25, 0.3) is 5.91 Å². The van der Waals surface area contributed by atoms with Crippen molar-refractivity contribution in [2.75, 3.05) is 18.4 Å². The van der Waals surface area contributed by atoms with Gasteiger partial charge in [-0.25, -0.2) is 4.79 Å². The highest BCUT2D eigenvalue weighted by Gasteiger charge is 2.13. The molecule has 0 fully saturated rings. The predicted octanol–water partition coefficient (Wildman–Crippen LogP) is 2.07. The Kier molecular flexibility index (Phi) is 3.89. The van der Waals surface area contributed by atoms with E-state index in [1.807, 2.05) is 18.2 Å². The number of carbonyl (C=O) groups is 1. The van der Waals surface area contributed by atoms with Crippen LogP contribution in [-0.2, 0) is 19.9 Å². The van der Waals surface area contributed by atoms with Gasteiger partial charge in [-0.15, -0.1) is 0 Å². The Balaban J connectivity index is 1.60. The van der Waals surface area contributed by atoms with Crippen molar-refractivity contribution in [3.8, 4) is 0 Å². The van der Waals surface area contributed by atoms with E-state index in [0.717, 1.165) is 25.9 Å². The van der Waals surface area contributed by atoms with Gasteiger partial charge >= 0.3 is 5.76 Å². The second-order valence-electron chi connectivity index (χ2n) is 6.30. The van der Waals surface area contributed by atoms with Gasteiger partial charge in [0.1, 0.15) is 0 Å². The lowest BCUT2D eigenvalue weighted by Crippen LogP contribution is -2.16. The number of rotatable bonds is 2. The molecule has 0 saturated heterocycles. The van der Waals surface area contributed by atoms with Crippen molar-refractivity contribution >= 4 is 22.7 Å². The maximum Gasteiger partial charge on any atom is 0.419 e. The average Bonchev–Trinajstić information content (AvgIpc) is 2.79. The summed E-state index contributed by atoms with van der Waals surface area (Å²) in [5.74, 6) is -0.578. The highest BCUT2D eigenvalue weighted by molar-refractivity contribution is 6.05. The van der Waals surface area contributed by atoms with Crippen LogP contribution in [0.2, 0.25) is 0 Å². The lowest BCUT2D eigenvalue weighted by Gasteiger charge is -2.09. The SMILES string of the molecule is Cn1c(=O)oc2ccc(NC(=O)c3ccc4c(c3)CCNCC4)cc21. The van der Waals surface area contributed by atoms with Crippen LogP contribution >= 0.6 is 0 Å². The van der Waals surface area contributed by atoms with Gasteiger partial charge < -0.3 is 15.1 Å². The van der Waals surface area contributed by atoms with Crippen LogP contribution in [0.5, 0.6) is 0 Å². The van der Waals surface area contributed by atoms with Gasteiger partial charge in [-0.1, -0.05) is 6.07 Å². The summed E-state index contributed by atoms with van der Waals surface area (Å²) in [6.45, 7) is 1.91. The minimum Gasteiger partial charge on any atom is -0.408 e. The number of carbonyl (C=O) groups excluding carboxylic acids is 1. The van der Waals surface area contributed by atoms with Gasteiger partial charge in [-0.05, 0) is 67.4 Å². The van der Waals surface area contributed by atoms with Crippen LogP contribution in [0, 0.1) is 0 Å². The molecule has 1 aliphatic heterocycles. The summed E-state index contributed by atoms with van der Waals surface area (Å²) >= 11 is 0. The third-order valence-electron chi connectivity index (χ3n) is 4.66. The van der Waals surface area contributed by atoms with E-state index in [0.29, 0.717) is 22.4 Å².